The Morgan fingerprint density at radius 2 is 1.64 bits per heavy atom. The molecule has 114 valence electrons. The van der Waals surface area contributed by atoms with Gasteiger partial charge in [-0.05, 0) is 36.4 Å². The summed E-state index contributed by atoms with van der Waals surface area (Å²) in [6, 6.07) is 10.2. The van der Waals surface area contributed by atoms with Crippen LogP contribution in [0.5, 0.6) is 0 Å². The lowest BCUT2D eigenvalue weighted by molar-refractivity contribution is 0.0600. The first-order valence-corrected chi connectivity index (χ1v) is 6.39. The maximum absolute atomic E-state index is 11.3. The molecule has 1 aromatic carbocycles. The monoisotopic (exact) mass is 301 g/mol. The van der Waals surface area contributed by atoms with Gasteiger partial charge in [0.1, 0.15) is 5.82 Å². The van der Waals surface area contributed by atoms with Crippen molar-refractivity contribution in [3.8, 4) is 0 Å². The van der Waals surface area contributed by atoms with Crippen molar-refractivity contribution >= 4 is 29.3 Å². The molecule has 7 nitrogen and oxygen atoms in total. The van der Waals surface area contributed by atoms with Gasteiger partial charge in [-0.3, -0.25) is 5.32 Å². The number of aromatic nitrogens is 1. The van der Waals surface area contributed by atoms with E-state index in [1.165, 1.54) is 14.2 Å². The summed E-state index contributed by atoms with van der Waals surface area (Å²) in [5.74, 6) is 0.00453. The Hall–Kier alpha value is -3.09. The zero-order valence-corrected chi connectivity index (χ0v) is 12.1. The number of ether oxygens (including phenoxy) is 2. The number of rotatable bonds is 4. The van der Waals surface area contributed by atoms with Gasteiger partial charge in [0.15, 0.2) is 0 Å². The number of benzene rings is 1. The SMILES string of the molecule is COC(=O)Nc1ccc(Nc2ccc(C(=O)OC)cc2)cn1. The van der Waals surface area contributed by atoms with Gasteiger partial charge in [0.05, 0.1) is 31.7 Å². The number of carbonyl (C=O) groups excluding carboxylic acids is 2. The molecule has 0 aliphatic carbocycles. The van der Waals surface area contributed by atoms with Gasteiger partial charge in [-0.25, -0.2) is 14.6 Å². The Morgan fingerprint density at radius 1 is 0.955 bits per heavy atom. The number of anilines is 3. The minimum Gasteiger partial charge on any atom is -0.465 e. The highest BCUT2D eigenvalue weighted by atomic mass is 16.5. The van der Waals surface area contributed by atoms with Crippen LogP contribution in [0.3, 0.4) is 0 Å². The lowest BCUT2D eigenvalue weighted by Gasteiger charge is -2.08. The minimum atomic E-state index is -0.577. The van der Waals surface area contributed by atoms with Crippen molar-refractivity contribution in [3.63, 3.8) is 0 Å². The highest BCUT2D eigenvalue weighted by Gasteiger charge is 2.05. The van der Waals surface area contributed by atoms with Crippen molar-refractivity contribution in [1.82, 2.24) is 4.98 Å². The third-order valence-electron chi connectivity index (χ3n) is 2.77. The number of hydrogen-bond donors (Lipinski definition) is 2. The highest BCUT2D eigenvalue weighted by Crippen LogP contribution is 2.18. The van der Waals surface area contributed by atoms with Gasteiger partial charge in [0.25, 0.3) is 0 Å². The summed E-state index contributed by atoms with van der Waals surface area (Å²) in [7, 11) is 2.62. The number of carbonyl (C=O) groups is 2. The molecule has 0 atom stereocenters. The van der Waals surface area contributed by atoms with E-state index in [2.05, 4.69) is 25.1 Å². The van der Waals surface area contributed by atoms with Gasteiger partial charge in [0.2, 0.25) is 0 Å². The van der Waals surface area contributed by atoms with Crippen LogP contribution in [0.1, 0.15) is 10.4 Å². The smallest absolute Gasteiger partial charge is 0.412 e. The molecule has 1 amide bonds. The molecule has 2 aromatic rings. The fourth-order valence-corrected chi connectivity index (χ4v) is 1.67. The molecule has 0 aliphatic rings. The zero-order valence-electron chi connectivity index (χ0n) is 12.1. The molecule has 0 saturated heterocycles. The van der Waals surface area contributed by atoms with Gasteiger partial charge < -0.3 is 14.8 Å². The number of hydrogen-bond acceptors (Lipinski definition) is 6. The van der Waals surface area contributed by atoms with Crippen LogP contribution in [-0.4, -0.2) is 31.3 Å². The average Bonchev–Trinajstić information content (AvgIpc) is 2.56. The van der Waals surface area contributed by atoms with Crippen LogP contribution in [-0.2, 0) is 9.47 Å². The average molecular weight is 301 g/mol. The standard InChI is InChI=1S/C15H15N3O4/c1-21-14(19)10-3-5-11(6-4-10)17-12-7-8-13(16-9-12)18-15(20)22-2/h3-9,17H,1-2H3,(H,16,18,20). The summed E-state index contributed by atoms with van der Waals surface area (Å²) < 4.78 is 9.11. The minimum absolute atomic E-state index is 0.383. The Labute approximate surface area is 127 Å². The van der Waals surface area contributed by atoms with Crippen LogP contribution in [0.15, 0.2) is 42.6 Å². The number of esters is 1. The lowest BCUT2D eigenvalue weighted by atomic mass is 10.2. The summed E-state index contributed by atoms with van der Waals surface area (Å²) in [4.78, 5) is 26.5. The van der Waals surface area contributed by atoms with Crippen LogP contribution in [0.4, 0.5) is 22.0 Å². The molecule has 0 spiro atoms. The predicted molar refractivity (Wildman–Crippen MR) is 81.3 cm³/mol. The van der Waals surface area contributed by atoms with E-state index in [1.54, 1.807) is 42.6 Å². The quantitative estimate of drug-likeness (QED) is 0.844. The fourth-order valence-electron chi connectivity index (χ4n) is 1.67. The number of pyridine rings is 1. The summed E-state index contributed by atoms with van der Waals surface area (Å²) in [5.41, 5.74) is 2.01. The number of amides is 1. The molecule has 22 heavy (non-hydrogen) atoms. The predicted octanol–water partition coefficient (Wildman–Crippen LogP) is 2.79. The van der Waals surface area contributed by atoms with E-state index in [1.807, 2.05) is 0 Å². The van der Waals surface area contributed by atoms with Crippen LogP contribution in [0.25, 0.3) is 0 Å². The zero-order chi connectivity index (χ0) is 15.9. The van der Waals surface area contributed by atoms with E-state index >= 15 is 0 Å². The maximum atomic E-state index is 11.3. The third kappa shape index (κ3) is 3.95. The number of nitrogens with zero attached hydrogens (tertiary/aromatic N) is 1. The van der Waals surface area contributed by atoms with Gasteiger partial charge in [-0.2, -0.15) is 0 Å². The van der Waals surface area contributed by atoms with E-state index in [-0.39, 0.29) is 5.97 Å². The van der Waals surface area contributed by atoms with E-state index < -0.39 is 6.09 Å². The molecule has 0 bridgehead atoms. The van der Waals surface area contributed by atoms with Crippen molar-refractivity contribution in [2.45, 2.75) is 0 Å². The molecule has 2 N–H and O–H groups in total. The highest BCUT2D eigenvalue weighted by molar-refractivity contribution is 5.89. The van der Waals surface area contributed by atoms with Gasteiger partial charge >= 0.3 is 12.1 Å². The van der Waals surface area contributed by atoms with Crippen molar-refractivity contribution in [1.29, 1.82) is 0 Å². The first kappa shape index (κ1) is 15.3. The molecule has 0 radical (unpaired) electrons. The molecule has 0 fully saturated rings. The van der Waals surface area contributed by atoms with Gasteiger partial charge in [-0.15, -0.1) is 0 Å². The Bertz CT molecular complexity index is 653. The van der Waals surface area contributed by atoms with Crippen LogP contribution < -0.4 is 10.6 Å². The lowest BCUT2D eigenvalue weighted by Crippen LogP contribution is -2.11. The van der Waals surface area contributed by atoms with Crippen LogP contribution >= 0.6 is 0 Å². The Kier molecular flexibility index (Phi) is 4.92. The summed E-state index contributed by atoms with van der Waals surface area (Å²) in [6.45, 7) is 0. The van der Waals surface area contributed by atoms with Gasteiger partial charge in [-0.1, -0.05) is 0 Å². The fraction of sp³-hybridized carbons (Fsp3) is 0.133. The molecular weight excluding hydrogens is 286 g/mol. The van der Waals surface area contributed by atoms with Crippen molar-refractivity contribution in [3.05, 3.63) is 48.2 Å². The summed E-state index contributed by atoms with van der Waals surface area (Å²) in [5, 5.41) is 5.58. The van der Waals surface area contributed by atoms with Crippen LogP contribution in [0, 0.1) is 0 Å². The van der Waals surface area contributed by atoms with E-state index in [0.29, 0.717) is 11.4 Å². The van der Waals surface area contributed by atoms with Gasteiger partial charge in [0, 0.05) is 5.69 Å². The van der Waals surface area contributed by atoms with E-state index in [0.717, 1.165) is 11.4 Å². The second-order valence-electron chi connectivity index (χ2n) is 4.24. The number of methoxy groups -OCH3 is 2. The van der Waals surface area contributed by atoms with Crippen molar-refractivity contribution < 1.29 is 19.1 Å². The van der Waals surface area contributed by atoms with E-state index in [9.17, 15) is 9.59 Å². The topological polar surface area (TPSA) is 89.6 Å². The third-order valence-corrected chi connectivity index (χ3v) is 2.77. The van der Waals surface area contributed by atoms with Crippen molar-refractivity contribution in [2.24, 2.45) is 0 Å². The van der Waals surface area contributed by atoms with Crippen LogP contribution in [0.2, 0.25) is 0 Å². The molecule has 7 heteroatoms. The van der Waals surface area contributed by atoms with Crippen molar-refractivity contribution in [2.75, 3.05) is 24.9 Å². The second-order valence-corrected chi connectivity index (χ2v) is 4.24. The summed E-state index contributed by atoms with van der Waals surface area (Å²) >= 11 is 0. The largest absolute Gasteiger partial charge is 0.465 e. The molecule has 1 aromatic heterocycles. The molecule has 2 rings (SSSR count). The second kappa shape index (κ2) is 7.07. The normalized spacial score (nSPS) is 9.73. The molecule has 0 aliphatic heterocycles. The first-order valence-electron chi connectivity index (χ1n) is 6.39. The summed E-state index contributed by atoms with van der Waals surface area (Å²) in [6.07, 6.45) is 0.992. The Balaban J connectivity index is 2.01. The molecular formula is C15H15N3O4. The number of nitrogens with one attached hydrogen (secondary N) is 2. The Morgan fingerprint density at radius 3 is 2.18 bits per heavy atom. The first-order chi connectivity index (χ1) is 10.6. The molecule has 1 heterocycles. The maximum Gasteiger partial charge on any atom is 0.412 e. The molecule has 0 unspecified atom stereocenters. The van der Waals surface area contributed by atoms with E-state index in [4.69, 9.17) is 0 Å². The molecule has 0 saturated carbocycles.